The number of para-hydroxylation sites is 1. The quantitative estimate of drug-likeness (QED) is 0.645. The van der Waals surface area contributed by atoms with Crippen molar-refractivity contribution >= 4 is 13.4 Å². The Morgan fingerprint density at radius 1 is 0.955 bits per heavy atom. The van der Waals surface area contributed by atoms with E-state index in [1.807, 2.05) is 35.2 Å². The maximum Gasteiger partial charge on any atom is 0.570 e. The molecule has 0 aliphatic rings. The van der Waals surface area contributed by atoms with Crippen LogP contribution in [0.15, 0.2) is 54.7 Å². The van der Waals surface area contributed by atoms with Gasteiger partial charge in [0.25, 0.3) is 0 Å². The largest absolute Gasteiger partial charge is 0.570 e. The van der Waals surface area contributed by atoms with Crippen molar-refractivity contribution in [3.05, 3.63) is 54.7 Å². The summed E-state index contributed by atoms with van der Waals surface area (Å²) < 4.78 is 4.53. The van der Waals surface area contributed by atoms with Gasteiger partial charge in [0.15, 0.2) is 5.88 Å². The van der Waals surface area contributed by atoms with E-state index in [4.69, 9.17) is 15.2 Å². The lowest BCUT2D eigenvalue weighted by molar-refractivity contribution is 0.281. The Morgan fingerprint density at radius 2 is 1.59 bits per heavy atom. The minimum absolute atomic E-state index is 0.106. The minimum Gasteiger partial charge on any atom is -0.523 e. The van der Waals surface area contributed by atoms with Gasteiger partial charge in [0.2, 0.25) is 0 Å². The van der Waals surface area contributed by atoms with E-state index < -0.39 is 0 Å². The van der Waals surface area contributed by atoms with Gasteiger partial charge in [-0.05, 0) is 24.3 Å². The molecule has 2 rings (SSSR count). The van der Waals surface area contributed by atoms with Crippen molar-refractivity contribution in [2.45, 2.75) is 0 Å². The smallest absolute Gasteiger partial charge is 0.523 e. The molecule has 3 N–H and O–H groups in total. The van der Waals surface area contributed by atoms with Crippen LogP contribution in [0.1, 0.15) is 0 Å². The van der Waals surface area contributed by atoms with Crippen LogP contribution >= 0.6 is 0 Å². The molecule has 1 heterocycles. The average molecular weight is 303 g/mol. The molecule has 0 fully saturated rings. The lowest BCUT2D eigenvalue weighted by Crippen LogP contribution is -2.29. The highest BCUT2D eigenvalue weighted by Crippen LogP contribution is 2.11. The molecule has 0 unspecified atom stereocenters. The van der Waals surface area contributed by atoms with Gasteiger partial charge in [-0.2, -0.15) is 0 Å². The summed E-state index contributed by atoms with van der Waals surface area (Å²) in [5.41, 5.74) is 1.03. The second kappa shape index (κ2) is 11.6. The van der Waals surface area contributed by atoms with E-state index in [0.717, 1.165) is 5.69 Å². The molecule has 0 amide bonds. The van der Waals surface area contributed by atoms with Crippen molar-refractivity contribution in [2.75, 3.05) is 31.2 Å². The Hall–Kier alpha value is -2.09. The number of pyridine rings is 1. The van der Waals surface area contributed by atoms with Crippen molar-refractivity contribution in [1.29, 1.82) is 0 Å². The molecule has 6 nitrogen and oxygen atoms in total. The third-order valence-corrected chi connectivity index (χ3v) is 2.67. The van der Waals surface area contributed by atoms with Crippen LogP contribution in [0.3, 0.4) is 0 Å². The summed E-state index contributed by atoms with van der Waals surface area (Å²) in [7, 11) is 0.600. The Kier molecular flexibility index (Phi) is 9.44. The first-order valence-electron chi connectivity index (χ1n) is 6.87. The number of aromatic nitrogens is 1. The summed E-state index contributed by atoms with van der Waals surface area (Å²) in [5, 5.41) is 25.7. The highest BCUT2D eigenvalue weighted by atomic mass is 16.5. The number of hydrogen-bond acceptors (Lipinski definition) is 6. The lowest BCUT2D eigenvalue weighted by Gasteiger charge is -2.22. The van der Waals surface area contributed by atoms with Gasteiger partial charge in [-0.25, -0.2) is 4.98 Å². The maximum absolute atomic E-state index is 8.80. The molecule has 0 aliphatic heterocycles. The molecule has 1 aromatic heterocycles. The predicted molar refractivity (Wildman–Crippen MR) is 85.7 cm³/mol. The Morgan fingerprint density at radius 3 is 2.09 bits per heavy atom. The van der Waals surface area contributed by atoms with Crippen molar-refractivity contribution in [2.24, 2.45) is 0 Å². The van der Waals surface area contributed by atoms with Crippen LogP contribution in [0.25, 0.3) is 0 Å². The van der Waals surface area contributed by atoms with Crippen molar-refractivity contribution < 1.29 is 19.9 Å². The Bertz CT molecular complexity index is 481. The van der Waals surface area contributed by atoms with E-state index >= 15 is 0 Å². The molecule has 1 radical (unpaired) electrons. The third-order valence-electron chi connectivity index (χ3n) is 2.67. The predicted octanol–water partition coefficient (Wildman–Crippen LogP) is 0.464. The van der Waals surface area contributed by atoms with E-state index in [0.29, 0.717) is 26.7 Å². The van der Waals surface area contributed by atoms with Crippen molar-refractivity contribution in [3.8, 4) is 5.88 Å². The molecule has 22 heavy (non-hydrogen) atoms. The van der Waals surface area contributed by atoms with Crippen molar-refractivity contribution in [3.63, 3.8) is 0 Å². The van der Waals surface area contributed by atoms with Crippen molar-refractivity contribution in [1.82, 2.24) is 4.98 Å². The van der Waals surface area contributed by atoms with Gasteiger partial charge >= 0.3 is 7.69 Å². The zero-order valence-electron chi connectivity index (χ0n) is 12.2. The summed E-state index contributed by atoms with van der Waals surface area (Å²) in [6.07, 6.45) is 1.58. The van der Waals surface area contributed by atoms with Crippen LogP contribution in [-0.2, 0) is 0 Å². The number of aliphatic hydroxyl groups excluding tert-OH is 2. The number of aliphatic hydroxyl groups is 2. The first-order valence-corrected chi connectivity index (χ1v) is 6.87. The molecular formula is C15H20BN2O4. The molecule has 0 spiro atoms. The van der Waals surface area contributed by atoms with E-state index in [2.05, 4.69) is 9.64 Å². The van der Waals surface area contributed by atoms with Crippen LogP contribution in [0.5, 0.6) is 5.88 Å². The molecule has 2 aromatic rings. The second-order valence-electron chi connectivity index (χ2n) is 4.16. The lowest BCUT2D eigenvalue weighted by atomic mass is 10.3. The highest BCUT2D eigenvalue weighted by molar-refractivity contribution is 6.17. The fourth-order valence-electron chi connectivity index (χ4n) is 1.72. The van der Waals surface area contributed by atoms with Gasteiger partial charge in [0, 0.05) is 25.0 Å². The van der Waals surface area contributed by atoms with Gasteiger partial charge < -0.3 is 24.8 Å². The van der Waals surface area contributed by atoms with E-state index in [-0.39, 0.29) is 13.2 Å². The topological polar surface area (TPSA) is 86.1 Å². The molecule has 0 bridgehead atoms. The van der Waals surface area contributed by atoms with Crippen LogP contribution in [0.2, 0.25) is 0 Å². The van der Waals surface area contributed by atoms with Gasteiger partial charge in [-0.15, -0.1) is 0 Å². The first-order chi connectivity index (χ1) is 10.8. The Labute approximate surface area is 130 Å². The Balaban J connectivity index is 0.000000235. The molecule has 0 saturated heterocycles. The summed E-state index contributed by atoms with van der Waals surface area (Å²) >= 11 is 0. The van der Waals surface area contributed by atoms with Crippen LogP contribution < -0.4 is 9.55 Å². The van der Waals surface area contributed by atoms with Gasteiger partial charge in [0.1, 0.15) is 0 Å². The number of nitrogens with zero attached hydrogens (tertiary/aromatic N) is 2. The number of benzene rings is 1. The van der Waals surface area contributed by atoms with Gasteiger partial charge in [-0.3, -0.25) is 0 Å². The molecule has 0 atom stereocenters. The first kappa shape index (κ1) is 18.0. The number of rotatable bonds is 7. The monoisotopic (exact) mass is 303 g/mol. The molecule has 0 saturated carbocycles. The molecule has 7 heteroatoms. The average Bonchev–Trinajstić information content (AvgIpc) is 2.57. The van der Waals surface area contributed by atoms with E-state index in [1.54, 1.807) is 24.4 Å². The second-order valence-corrected chi connectivity index (χ2v) is 4.16. The van der Waals surface area contributed by atoms with Crippen LogP contribution in [0, 0.1) is 0 Å². The number of hydrogen-bond donors (Lipinski definition) is 3. The maximum atomic E-state index is 8.80. The normalized spacial score (nSPS) is 9.41. The zero-order chi connectivity index (χ0) is 16.0. The van der Waals surface area contributed by atoms with E-state index in [9.17, 15) is 0 Å². The highest BCUT2D eigenvalue weighted by Gasteiger charge is 2.02. The third kappa shape index (κ3) is 7.08. The molecule has 1 aromatic carbocycles. The summed E-state index contributed by atoms with van der Waals surface area (Å²) in [4.78, 5) is 5.70. The molecule has 117 valence electrons. The summed E-state index contributed by atoms with van der Waals surface area (Å²) in [6.45, 7) is 1.33. The van der Waals surface area contributed by atoms with Crippen LogP contribution in [0.4, 0.5) is 5.69 Å². The van der Waals surface area contributed by atoms with Crippen LogP contribution in [-0.4, -0.2) is 54.2 Å². The van der Waals surface area contributed by atoms with Gasteiger partial charge in [0.05, 0.1) is 13.2 Å². The number of anilines is 1. The SMILES string of the molecule is OCCN(CCO)c1ccccc1.O[B]Oc1ccccn1. The zero-order valence-corrected chi connectivity index (χ0v) is 12.2. The van der Waals surface area contributed by atoms with Gasteiger partial charge in [-0.1, -0.05) is 24.3 Å². The summed E-state index contributed by atoms with van der Waals surface area (Å²) in [6, 6.07) is 14.9. The standard InChI is InChI=1S/C10H15NO2.C5H5BNO2/c12-8-6-11(7-9-13)10-4-2-1-3-5-10;8-6-9-5-3-1-2-4-7-5/h1-5,12-13H,6-9H2;1-4,8H. The van der Waals surface area contributed by atoms with E-state index in [1.165, 1.54) is 0 Å². The minimum atomic E-state index is 0.106. The molecule has 0 aliphatic carbocycles. The summed E-state index contributed by atoms with van der Waals surface area (Å²) in [5.74, 6) is 0.389. The fraction of sp³-hybridized carbons (Fsp3) is 0.267. The fourth-order valence-corrected chi connectivity index (χ4v) is 1.72. The molecular weight excluding hydrogens is 283 g/mol.